The zero-order chi connectivity index (χ0) is 8.06. The van der Waals surface area contributed by atoms with E-state index in [4.69, 9.17) is 5.73 Å². The van der Waals surface area contributed by atoms with Gasteiger partial charge in [-0.15, -0.1) is 0 Å². The summed E-state index contributed by atoms with van der Waals surface area (Å²) in [4.78, 5) is 0. The smallest absolute Gasteiger partial charge is 0.214 e. The Kier molecular flexibility index (Phi) is 1.49. The molecular weight excluding hydrogens is 164 g/mol. The van der Waals surface area contributed by atoms with Crippen LogP contribution >= 0.6 is 0 Å². The van der Waals surface area contributed by atoms with Crippen LogP contribution in [0, 0.1) is 0 Å². The number of nitrogens with zero attached hydrogens (tertiary/aromatic N) is 1. The second-order valence-corrected chi connectivity index (χ2v) is 5.29. The highest BCUT2D eigenvalue weighted by Crippen LogP contribution is 2.31. The normalized spacial score (nSPS) is 42.6. The van der Waals surface area contributed by atoms with E-state index in [-0.39, 0.29) is 12.1 Å². The maximum atomic E-state index is 11.3. The molecular formula is C6H12N2O2S. The Morgan fingerprint density at radius 3 is 2.45 bits per heavy atom. The van der Waals surface area contributed by atoms with E-state index in [0.717, 1.165) is 12.8 Å². The second-order valence-electron chi connectivity index (χ2n) is 3.25. The van der Waals surface area contributed by atoms with Gasteiger partial charge in [0.15, 0.2) is 0 Å². The number of nitrogens with two attached hydrogens (primary N) is 1. The summed E-state index contributed by atoms with van der Waals surface area (Å²) in [6.07, 6.45) is 1.62. The molecule has 2 unspecified atom stereocenters. The highest BCUT2D eigenvalue weighted by atomic mass is 32.2. The lowest BCUT2D eigenvalue weighted by molar-refractivity contribution is 0.430. The van der Waals surface area contributed by atoms with Crippen LogP contribution in [0.5, 0.6) is 0 Å². The third-order valence-electron chi connectivity index (χ3n) is 2.31. The lowest BCUT2D eigenvalue weighted by atomic mass is 10.5. The number of hydrogen-bond acceptors (Lipinski definition) is 3. The molecule has 0 aromatic carbocycles. The van der Waals surface area contributed by atoms with Crippen LogP contribution in [0.25, 0.3) is 0 Å². The average molecular weight is 176 g/mol. The van der Waals surface area contributed by atoms with Crippen molar-refractivity contribution in [3.63, 3.8) is 0 Å². The molecule has 0 spiro atoms. The van der Waals surface area contributed by atoms with Crippen molar-refractivity contribution in [2.24, 2.45) is 5.73 Å². The Bertz CT molecular complexity index is 262. The van der Waals surface area contributed by atoms with Crippen LogP contribution in [0.4, 0.5) is 0 Å². The molecule has 5 heteroatoms. The summed E-state index contributed by atoms with van der Waals surface area (Å²) >= 11 is 0. The van der Waals surface area contributed by atoms with Gasteiger partial charge in [0.05, 0.1) is 5.75 Å². The summed E-state index contributed by atoms with van der Waals surface area (Å²) < 4.78 is 24.1. The first kappa shape index (κ1) is 7.52. The van der Waals surface area contributed by atoms with Crippen LogP contribution in [-0.2, 0) is 10.0 Å². The van der Waals surface area contributed by atoms with Crippen molar-refractivity contribution in [3.05, 3.63) is 0 Å². The Balaban J connectivity index is 2.15. The van der Waals surface area contributed by atoms with Gasteiger partial charge in [-0.25, -0.2) is 8.42 Å². The van der Waals surface area contributed by atoms with E-state index >= 15 is 0 Å². The Hall–Kier alpha value is -0.130. The van der Waals surface area contributed by atoms with Gasteiger partial charge >= 0.3 is 0 Å². The Labute approximate surface area is 66.4 Å². The molecule has 1 aliphatic carbocycles. The molecule has 2 atom stereocenters. The minimum absolute atomic E-state index is 0.0999. The zero-order valence-electron chi connectivity index (χ0n) is 6.23. The minimum Gasteiger partial charge on any atom is -0.326 e. The van der Waals surface area contributed by atoms with Gasteiger partial charge in [-0.1, -0.05) is 0 Å². The molecule has 1 saturated heterocycles. The molecule has 0 radical (unpaired) electrons. The fourth-order valence-electron chi connectivity index (χ4n) is 1.56. The van der Waals surface area contributed by atoms with Crippen molar-refractivity contribution < 1.29 is 8.42 Å². The molecule has 2 fully saturated rings. The molecule has 0 bridgehead atoms. The first-order valence-electron chi connectivity index (χ1n) is 3.86. The monoisotopic (exact) mass is 176 g/mol. The van der Waals surface area contributed by atoms with E-state index in [0.29, 0.717) is 12.3 Å². The van der Waals surface area contributed by atoms with Gasteiger partial charge in [0.25, 0.3) is 0 Å². The van der Waals surface area contributed by atoms with Gasteiger partial charge in [-0.05, 0) is 12.8 Å². The molecule has 2 rings (SSSR count). The van der Waals surface area contributed by atoms with Gasteiger partial charge in [0, 0.05) is 18.6 Å². The fraction of sp³-hybridized carbons (Fsp3) is 1.00. The molecule has 0 aromatic rings. The van der Waals surface area contributed by atoms with Gasteiger partial charge in [-0.2, -0.15) is 4.31 Å². The van der Waals surface area contributed by atoms with Gasteiger partial charge in [0.1, 0.15) is 0 Å². The van der Waals surface area contributed by atoms with E-state index in [1.54, 1.807) is 4.31 Å². The fourth-order valence-corrected chi connectivity index (χ4v) is 3.35. The largest absolute Gasteiger partial charge is 0.326 e. The van der Waals surface area contributed by atoms with Crippen LogP contribution in [0.1, 0.15) is 12.8 Å². The molecule has 2 aliphatic rings. The predicted octanol–water partition coefficient (Wildman–Crippen LogP) is -0.879. The van der Waals surface area contributed by atoms with Crippen molar-refractivity contribution >= 4 is 10.0 Å². The molecule has 11 heavy (non-hydrogen) atoms. The summed E-state index contributed by atoms with van der Waals surface area (Å²) in [5.41, 5.74) is 5.56. The third-order valence-corrected chi connectivity index (χ3v) is 4.29. The summed E-state index contributed by atoms with van der Waals surface area (Å²) in [5.74, 6) is 0.316. The molecule has 1 saturated carbocycles. The topological polar surface area (TPSA) is 63.4 Å². The molecule has 64 valence electrons. The highest BCUT2D eigenvalue weighted by Gasteiger charge is 2.46. The van der Waals surface area contributed by atoms with Gasteiger partial charge in [0.2, 0.25) is 10.0 Å². The summed E-state index contributed by atoms with van der Waals surface area (Å²) in [6, 6.07) is 0.227. The van der Waals surface area contributed by atoms with Crippen LogP contribution in [0.2, 0.25) is 0 Å². The lowest BCUT2D eigenvalue weighted by Gasteiger charge is -2.12. The molecule has 0 aromatic heterocycles. The van der Waals surface area contributed by atoms with E-state index in [1.165, 1.54) is 0 Å². The first-order chi connectivity index (χ1) is 5.11. The highest BCUT2D eigenvalue weighted by molar-refractivity contribution is 7.89. The van der Waals surface area contributed by atoms with E-state index < -0.39 is 10.0 Å². The Morgan fingerprint density at radius 1 is 1.45 bits per heavy atom. The van der Waals surface area contributed by atoms with E-state index in [1.807, 2.05) is 0 Å². The number of sulfonamides is 1. The van der Waals surface area contributed by atoms with Gasteiger partial charge < -0.3 is 5.73 Å². The molecule has 1 aliphatic heterocycles. The minimum atomic E-state index is -2.90. The first-order valence-corrected chi connectivity index (χ1v) is 5.47. The summed E-state index contributed by atoms with van der Waals surface area (Å²) in [5, 5.41) is 0. The Morgan fingerprint density at radius 2 is 2.09 bits per heavy atom. The maximum absolute atomic E-state index is 11.3. The number of hydrogen-bond donors (Lipinski definition) is 1. The predicted molar refractivity (Wildman–Crippen MR) is 41.5 cm³/mol. The van der Waals surface area contributed by atoms with Crippen LogP contribution in [0.15, 0.2) is 0 Å². The van der Waals surface area contributed by atoms with Crippen molar-refractivity contribution in [2.75, 3.05) is 12.3 Å². The lowest BCUT2D eigenvalue weighted by Crippen LogP contribution is -2.31. The van der Waals surface area contributed by atoms with Crippen LogP contribution in [0.3, 0.4) is 0 Å². The zero-order valence-corrected chi connectivity index (χ0v) is 7.05. The van der Waals surface area contributed by atoms with Crippen LogP contribution in [-0.4, -0.2) is 37.1 Å². The standard InChI is InChI=1S/C6H12N2O2S/c7-5-4-6(5)8-2-1-3-11(8,9)10/h5-6H,1-4,7H2. The quantitative estimate of drug-likeness (QED) is 0.564. The van der Waals surface area contributed by atoms with E-state index in [2.05, 4.69) is 0 Å². The molecule has 4 nitrogen and oxygen atoms in total. The van der Waals surface area contributed by atoms with Crippen molar-refractivity contribution in [3.8, 4) is 0 Å². The maximum Gasteiger partial charge on any atom is 0.214 e. The molecule has 2 N–H and O–H groups in total. The van der Waals surface area contributed by atoms with Gasteiger partial charge in [-0.3, -0.25) is 0 Å². The van der Waals surface area contributed by atoms with Crippen molar-refractivity contribution in [1.29, 1.82) is 0 Å². The SMILES string of the molecule is NC1CC1N1CCCS1(=O)=O. The molecule has 0 amide bonds. The average Bonchev–Trinajstić information content (AvgIpc) is 2.48. The summed E-state index contributed by atoms with van der Waals surface area (Å²) in [6.45, 7) is 0.681. The van der Waals surface area contributed by atoms with Crippen molar-refractivity contribution in [1.82, 2.24) is 4.31 Å². The molecule has 1 heterocycles. The van der Waals surface area contributed by atoms with E-state index in [9.17, 15) is 8.42 Å². The second kappa shape index (κ2) is 2.18. The third kappa shape index (κ3) is 1.17. The number of rotatable bonds is 1. The van der Waals surface area contributed by atoms with Crippen molar-refractivity contribution in [2.45, 2.75) is 24.9 Å². The van der Waals surface area contributed by atoms with Crippen LogP contribution < -0.4 is 5.73 Å². The summed E-state index contributed by atoms with van der Waals surface area (Å²) in [7, 11) is -2.90.